The van der Waals surface area contributed by atoms with Crippen molar-refractivity contribution >= 4 is 22.0 Å². The topological polar surface area (TPSA) is 31.0 Å². The van der Waals surface area contributed by atoms with Crippen molar-refractivity contribution in [2.45, 2.75) is 0 Å². The molecule has 0 saturated carbocycles. The van der Waals surface area contributed by atoms with Crippen LogP contribution >= 0.6 is 0 Å². The van der Waals surface area contributed by atoms with Crippen molar-refractivity contribution < 1.29 is 4.42 Å². The molecule has 2 aromatic heterocycles. The molecule has 9 rings (SSSR count). The molecule has 1 aliphatic carbocycles. The van der Waals surface area contributed by atoms with Gasteiger partial charge < -0.3 is 4.42 Å². The molecule has 0 radical (unpaired) electrons. The third-order valence-corrected chi connectivity index (χ3v) is 8.41. The Hall–Kier alpha value is -5.67. The Morgan fingerprint density at radius 2 is 1.00 bits per heavy atom. The fourth-order valence-electron chi connectivity index (χ4n) is 6.60. The molecule has 0 aliphatic heterocycles. The maximum absolute atomic E-state index is 7.04. The highest BCUT2D eigenvalue weighted by Gasteiger charge is 2.28. The fraction of sp³-hybridized carbons (Fsp3) is 0. The van der Waals surface area contributed by atoms with Crippen molar-refractivity contribution in [2.75, 3.05) is 0 Å². The van der Waals surface area contributed by atoms with Crippen molar-refractivity contribution in [2.24, 2.45) is 0 Å². The standard InChI is InChI=1S/C39H24N2O/c1-2-13-25(14-3-1)41-35-24-11-10-23-34(35)40-39(41)33-22-12-21-32-36-30-19-8-6-17-28(30)26-15-4-5-16-27(26)29-18-7-9-20-31(29)38(36)42-37(32)33/h1-24H. The predicted octanol–water partition coefficient (Wildman–Crippen LogP) is 10.4. The highest BCUT2D eigenvalue weighted by atomic mass is 16.3. The summed E-state index contributed by atoms with van der Waals surface area (Å²) in [4.78, 5) is 5.18. The molecule has 0 atom stereocenters. The number of hydrogen-bond donors (Lipinski definition) is 0. The lowest BCUT2D eigenvalue weighted by molar-refractivity contribution is 0.633. The van der Waals surface area contributed by atoms with Gasteiger partial charge in [0.1, 0.15) is 17.2 Å². The van der Waals surface area contributed by atoms with Gasteiger partial charge in [-0.3, -0.25) is 4.57 Å². The summed E-state index contributed by atoms with van der Waals surface area (Å²) in [7, 11) is 0. The largest absolute Gasteiger partial charge is 0.455 e. The Morgan fingerprint density at radius 1 is 0.452 bits per heavy atom. The molecular formula is C39H24N2O. The summed E-state index contributed by atoms with van der Waals surface area (Å²) in [5, 5.41) is 1.08. The van der Waals surface area contributed by atoms with Crippen LogP contribution in [0.15, 0.2) is 150 Å². The van der Waals surface area contributed by atoms with Gasteiger partial charge in [-0.2, -0.15) is 0 Å². The molecule has 0 spiro atoms. The van der Waals surface area contributed by atoms with E-state index in [2.05, 4.69) is 138 Å². The molecule has 0 N–H and O–H groups in total. The zero-order valence-corrected chi connectivity index (χ0v) is 22.7. The predicted molar refractivity (Wildman–Crippen MR) is 172 cm³/mol. The molecule has 0 amide bonds. The first-order chi connectivity index (χ1) is 20.9. The maximum Gasteiger partial charge on any atom is 0.149 e. The Morgan fingerprint density at radius 3 is 1.74 bits per heavy atom. The number of hydrogen-bond acceptors (Lipinski definition) is 2. The smallest absolute Gasteiger partial charge is 0.149 e. The third kappa shape index (κ3) is 3.25. The summed E-state index contributed by atoms with van der Waals surface area (Å²) in [6.45, 7) is 0. The lowest BCUT2D eigenvalue weighted by atomic mass is 9.83. The van der Waals surface area contributed by atoms with Gasteiger partial charge >= 0.3 is 0 Å². The van der Waals surface area contributed by atoms with E-state index in [0.29, 0.717) is 0 Å². The van der Waals surface area contributed by atoms with E-state index in [1.165, 1.54) is 27.8 Å². The average molecular weight is 537 g/mol. The van der Waals surface area contributed by atoms with E-state index in [0.717, 1.165) is 56.0 Å². The fourth-order valence-corrected chi connectivity index (χ4v) is 6.60. The van der Waals surface area contributed by atoms with Gasteiger partial charge in [-0.15, -0.1) is 0 Å². The Balaban J connectivity index is 1.42. The number of rotatable bonds is 2. The van der Waals surface area contributed by atoms with Crippen LogP contribution in [0, 0.1) is 0 Å². The van der Waals surface area contributed by atoms with Crippen LogP contribution in [-0.2, 0) is 0 Å². The molecule has 0 unspecified atom stereocenters. The van der Waals surface area contributed by atoms with E-state index in [9.17, 15) is 0 Å². The summed E-state index contributed by atoms with van der Waals surface area (Å²) in [5.41, 5.74) is 13.1. The first-order valence-corrected chi connectivity index (χ1v) is 14.2. The molecule has 3 heteroatoms. The van der Waals surface area contributed by atoms with Crippen molar-refractivity contribution in [1.29, 1.82) is 0 Å². The molecule has 196 valence electrons. The van der Waals surface area contributed by atoms with Gasteiger partial charge in [-0.1, -0.05) is 115 Å². The van der Waals surface area contributed by atoms with Gasteiger partial charge in [-0.25, -0.2) is 4.98 Å². The van der Waals surface area contributed by atoms with E-state index in [-0.39, 0.29) is 0 Å². The molecule has 8 aromatic rings. The maximum atomic E-state index is 7.04. The lowest BCUT2D eigenvalue weighted by Crippen LogP contribution is -1.97. The molecule has 3 nitrogen and oxygen atoms in total. The van der Waals surface area contributed by atoms with E-state index in [1.54, 1.807) is 0 Å². The van der Waals surface area contributed by atoms with Gasteiger partial charge in [0.05, 0.1) is 16.6 Å². The van der Waals surface area contributed by atoms with Crippen LogP contribution in [0.1, 0.15) is 0 Å². The van der Waals surface area contributed by atoms with Crippen LogP contribution in [0.2, 0.25) is 0 Å². The summed E-state index contributed by atoms with van der Waals surface area (Å²) in [6.07, 6.45) is 0. The van der Waals surface area contributed by atoms with Crippen LogP contribution in [0.4, 0.5) is 0 Å². The van der Waals surface area contributed by atoms with Crippen molar-refractivity contribution in [3.8, 4) is 61.8 Å². The zero-order chi connectivity index (χ0) is 27.6. The van der Waals surface area contributed by atoms with E-state index in [1.807, 2.05) is 12.1 Å². The van der Waals surface area contributed by atoms with Crippen LogP contribution in [-0.4, -0.2) is 9.55 Å². The number of nitrogens with zero attached hydrogens (tertiary/aromatic N) is 2. The van der Waals surface area contributed by atoms with E-state index in [4.69, 9.17) is 9.40 Å². The van der Waals surface area contributed by atoms with Crippen molar-refractivity contribution in [1.82, 2.24) is 9.55 Å². The third-order valence-electron chi connectivity index (χ3n) is 8.41. The number of furan rings is 1. The number of imidazole rings is 1. The molecule has 42 heavy (non-hydrogen) atoms. The highest BCUT2D eigenvalue weighted by molar-refractivity contribution is 6.12. The first kappa shape index (κ1) is 23.1. The minimum absolute atomic E-state index is 0.838. The van der Waals surface area contributed by atoms with Crippen LogP contribution in [0.3, 0.4) is 0 Å². The Labute approximate surface area is 243 Å². The van der Waals surface area contributed by atoms with Gasteiger partial charge in [0.2, 0.25) is 0 Å². The molecule has 6 aromatic carbocycles. The van der Waals surface area contributed by atoms with E-state index < -0.39 is 0 Å². The van der Waals surface area contributed by atoms with Gasteiger partial charge in [0.25, 0.3) is 0 Å². The Bertz CT molecular complexity index is 2310. The van der Waals surface area contributed by atoms with Crippen molar-refractivity contribution in [3.63, 3.8) is 0 Å². The second-order valence-corrected chi connectivity index (χ2v) is 10.7. The molecule has 0 fully saturated rings. The summed E-state index contributed by atoms with van der Waals surface area (Å²) in [5.74, 6) is 1.75. The average Bonchev–Trinajstić information content (AvgIpc) is 3.63. The van der Waals surface area contributed by atoms with Crippen LogP contribution in [0.25, 0.3) is 83.8 Å². The molecule has 0 bridgehead atoms. The van der Waals surface area contributed by atoms with Crippen molar-refractivity contribution in [3.05, 3.63) is 146 Å². The highest BCUT2D eigenvalue weighted by Crippen LogP contribution is 2.52. The molecule has 2 heterocycles. The summed E-state index contributed by atoms with van der Waals surface area (Å²) < 4.78 is 9.28. The molecule has 0 saturated heterocycles. The number of para-hydroxylation sites is 4. The monoisotopic (exact) mass is 536 g/mol. The second-order valence-electron chi connectivity index (χ2n) is 10.7. The number of fused-ring (bicyclic) bond motifs is 11. The first-order valence-electron chi connectivity index (χ1n) is 14.2. The SMILES string of the molecule is c1ccc(-n2c(-c3cccc4c5c(oc34)-c3ccccc3-c3ccccc3-c3ccccc3-5)nc3ccccc32)cc1. The molecule has 1 aliphatic rings. The minimum atomic E-state index is 0.838. The number of benzene rings is 6. The molecular weight excluding hydrogens is 512 g/mol. The minimum Gasteiger partial charge on any atom is -0.455 e. The Kier molecular flexibility index (Phi) is 4.90. The summed E-state index contributed by atoms with van der Waals surface area (Å²) in [6, 6.07) is 51.2. The quantitative estimate of drug-likeness (QED) is 0.220. The van der Waals surface area contributed by atoms with Gasteiger partial charge in [0, 0.05) is 22.2 Å². The number of aromatic nitrogens is 2. The second kappa shape index (κ2) is 8.92. The van der Waals surface area contributed by atoms with Gasteiger partial charge in [0.15, 0.2) is 0 Å². The lowest BCUT2D eigenvalue weighted by Gasteiger charge is -2.20. The summed E-state index contributed by atoms with van der Waals surface area (Å²) >= 11 is 0. The van der Waals surface area contributed by atoms with Crippen LogP contribution in [0.5, 0.6) is 0 Å². The van der Waals surface area contributed by atoms with Gasteiger partial charge in [-0.05, 0) is 58.1 Å². The normalized spacial score (nSPS) is 11.8. The van der Waals surface area contributed by atoms with Crippen LogP contribution < -0.4 is 0 Å². The zero-order valence-electron chi connectivity index (χ0n) is 22.7. The van der Waals surface area contributed by atoms with E-state index >= 15 is 0 Å².